The number of imidazole rings is 1. The van der Waals surface area contributed by atoms with Crippen LogP contribution in [0.2, 0.25) is 0 Å². The number of ether oxygens (including phenoxy) is 1. The molecule has 5 nitrogen and oxygen atoms in total. The maximum atomic E-state index is 6.83. The number of para-hydroxylation sites is 3. The molecular formula is C58H49N4OTe+. The third kappa shape index (κ3) is 7.03. The minimum Gasteiger partial charge on any atom is -0.0622 e. The van der Waals surface area contributed by atoms with Gasteiger partial charge in [0.15, 0.2) is 11.0 Å². The van der Waals surface area contributed by atoms with E-state index in [1.54, 1.807) is 0 Å². The summed E-state index contributed by atoms with van der Waals surface area (Å²) in [5.74, 6) is 2.50. The first kappa shape index (κ1) is 40.1. The molecule has 0 fully saturated rings. The van der Waals surface area contributed by atoms with E-state index in [2.05, 4.69) is 236 Å². The van der Waals surface area contributed by atoms with Gasteiger partial charge in [-0.3, -0.25) is 0 Å². The summed E-state index contributed by atoms with van der Waals surface area (Å²) in [6, 6.07) is 63.2. The molecule has 0 unspecified atom stereocenters. The SMILES string of the molecule is CC(C)(C)c1cc(-c2ccccc2)c(-[n+]2cn(-c3cccc(Oc4ccc5c6ccccc6n(-c6cc(C(C)(C)C)c7cc[te]c7n6)c5c4)c3)c3ccccc32)c(-c2ccccc2)c1. The van der Waals surface area contributed by atoms with Crippen LogP contribution in [0, 0.1) is 0 Å². The minimum atomic E-state index is -0.480. The second kappa shape index (κ2) is 15.5. The molecule has 4 aromatic heterocycles. The van der Waals surface area contributed by atoms with Gasteiger partial charge in [0, 0.05) is 11.1 Å². The summed E-state index contributed by atoms with van der Waals surface area (Å²) < 4.78 is 17.5. The Labute approximate surface area is 384 Å². The number of rotatable bonds is 7. The topological polar surface area (TPSA) is 35.9 Å². The molecule has 0 radical (unpaired) electrons. The van der Waals surface area contributed by atoms with Gasteiger partial charge < -0.3 is 0 Å². The molecule has 4 heterocycles. The molecule has 0 aliphatic heterocycles. The Morgan fingerprint density at radius 1 is 0.531 bits per heavy atom. The molecule has 312 valence electrons. The van der Waals surface area contributed by atoms with Crippen LogP contribution in [0.3, 0.4) is 0 Å². The van der Waals surface area contributed by atoms with E-state index in [9.17, 15) is 0 Å². The van der Waals surface area contributed by atoms with Gasteiger partial charge in [-0.1, -0.05) is 93.6 Å². The molecule has 11 rings (SSSR count). The van der Waals surface area contributed by atoms with Crippen molar-refractivity contribution in [3.8, 4) is 50.9 Å². The van der Waals surface area contributed by atoms with Crippen molar-refractivity contribution in [2.24, 2.45) is 0 Å². The van der Waals surface area contributed by atoms with Crippen LogP contribution in [0.5, 0.6) is 11.5 Å². The van der Waals surface area contributed by atoms with E-state index in [4.69, 9.17) is 9.72 Å². The Balaban J connectivity index is 1.05. The van der Waals surface area contributed by atoms with Gasteiger partial charge in [-0.25, -0.2) is 0 Å². The molecule has 7 aromatic carbocycles. The van der Waals surface area contributed by atoms with Crippen LogP contribution >= 0.6 is 0 Å². The Morgan fingerprint density at radius 3 is 1.88 bits per heavy atom. The van der Waals surface area contributed by atoms with Crippen molar-refractivity contribution in [3.05, 3.63) is 197 Å². The number of benzene rings is 7. The number of hydrogen-bond acceptors (Lipinski definition) is 2. The van der Waals surface area contributed by atoms with E-state index in [1.807, 2.05) is 6.07 Å². The molecule has 6 heteroatoms. The van der Waals surface area contributed by atoms with Gasteiger partial charge in [-0.2, -0.15) is 4.57 Å². The average Bonchev–Trinajstić information content (AvgIpc) is 4.03. The molecular weight excluding hydrogens is 896 g/mol. The van der Waals surface area contributed by atoms with Crippen molar-refractivity contribution in [1.82, 2.24) is 14.1 Å². The Bertz CT molecular complexity index is 3480. The van der Waals surface area contributed by atoms with Crippen LogP contribution in [0.1, 0.15) is 52.7 Å². The zero-order valence-corrected chi connectivity index (χ0v) is 39.3. The standard InChI is InChI=1S/C58H49N4OTe/c1-57(2,3)40-32-47(38-18-9-7-10-19-38)55(48(33-40)39-20-11-8-12-21-39)61-37-60(51-26-15-16-27-52(51)61)41-22-17-23-42(34-41)63-43-28-29-45-44-24-13-14-25-50(44)62(53(45)35-43)54-36-49(58(4,5)6)46-30-31-64-56(46)59-54/h7-37H,1-6H3/q+1. The maximum Gasteiger partial charge on any atom is 0.179 e. The maximum absolute atomic E-state index is 6.83. The Kier molecular flexibility index (Phi) is 9.72. The Morgan fingerprint density at radius 2 is 1.17 bits per heavy atom. The number of aromatic nitrogens is 4. The van der Waals surface area contributed by atoms with Gasteiger partial charge in [0.05, 0.1) is 0 Å². The first-order valence-corrected chi connectivity index (χ1v) is 24.5. The summed E-state index contributed by atoms with van der Waals surface area (Å²) in [5, 5.41) is 3.69. The van der Waals surface area contributed by atoms with Crippen LogP contribution in [0.25, 0.3) is 81.2 Å². The van der Waals surface area contributed by atoms with E-state index in [1.165, 1.54) is 53.1 Å². The predicted molar refractivity (Wildman–Crippen MR) is 266 cm³/mol. The molecule has 0 aliphatic carbocycles. The second-order valence-electron chi connectivity index (χ2n) is 18.8. The molecule has 0 saturated heterocycles. The monoisotopic (exact) mass is 947 g/mol. The number of pyridine rings is 1. The Hall–Kier alpha value is -6.71. The van der Waals surface area contributed by atoms with Crippen LogP contribution in [0.4, 0.5) is 0 Å². The predicted octanol–water partition coefficient (Wildman–Crippen LogP) is 14.3. The summed E-state index contributed by atoms with van der Waals surface area (Å²) in [6.45, 7) is 13.8. The summed E-state index contributed by atoms with van der Waals surface area (Å²) >= 11 is -0.480. The zero-order valence-electron chi connectivity index (χ0n) is 37.0. The summed E-state index contributed by atoms with van der Waals surface area (Å²) in [5.41, 5.74) is 13.9. The molecule has 0 spiro atoms. The minimum absolute atomic E-state index is 0.0168. The summed E-state index contributed by atoms with van der Waals surface area (Å²) in [7, 11) is 0. The first-order valence-electron chi connectivity index (χ1n) is 22.0. The molecule has 0 aliphatic rings. The van der Waals surface area contributed by atoms with Gasteiger partial charge >= 0.3 is 208 Å². The van der Waals surface area contributed by atoms with Crippen molar-refractivity contribution in [2.75, 3.05) is 0 Å². The molecule has 0 bridgehead atoms. The molecule has 0 N–H and O–H groups in total. The zero-order chi connectivity index (χ0) is 43.7. The van der Waals surface area contributed by atoms with Crippen LogP contribution in [-0.2, 0) is 10.8 Å². The number of hydrogen-bond donors (Lipinski definition) is 0. The normalized spacial score (nSPS) is 12.2. The van der Waals surface area contributed by atoms with Gasteiger partial charge in [0.2, 0.25) is 0 Å². The fraction of sp³-hybridized carbons (Fsp3) is 0.138. The number of fused-ring (bicyclic) bond motifs is 5. The van der Waals surface area contributed by atoms with Crippen LogP contribution in [0.15, 0.2) is 186 Å². The fourth-order valence-corrected chi connectivity index (χ4v) is 11.5. The van der Waals surface area contributed by atoms with Crippen molar-refractivity contribution in [3.63, 3.8) is 0 Å². The third-order valence-electron chi connectivity index (χ3n) is 12.5. The average molecular weight is 946 g/mol. The fourth-order valence-electron chi connectivity index (χ4n) is 9.26. The van der Waals surface area contributed by atoms with E-state index in [0.29, 0.717) is 0 Å². The van der Waals surface area contributed by atoms with Crippen molar-refractivity contribution in [2.45, 2.75) is 52.4 Å². The smallest absolute Gasteiger partial charge is 0.0622 e. The van der Waals surface area contributed by atoms with E-state index in [0.717, 1.165) is 50.8 Å². The largest absolute Gasteiger partial charge is 0.179 e. The van der Waals surface area contributed by atoms with Gasteiger partial charge in [0.1, 0.15) is 5.69 Å². The second-order valence-corrected chi connectivity index (χ2v) is 21.3. The van der Waals surface area contributed by atoms with E-state index in [-0.39, 0.29) is 10.8 Å². The quantitative estimate of drug-likeness (QED) is 0.118. The molecule has 0 saturated carbocycles. The van der Waals surface area contributed by atoms with Gasteiger partial charge in [-0.15, -0.1) is 0 Å². The molecule has 0 atom stereocenters. The van der Waals surface area contributed by atoms with E-state index >= 15 is 0 Å². The van der Waals surface area contributed by atoms with Crippen LogP contribution in [-0.4, -0.2) is 34.5 Å². The van der Waals surface area contributed by atoms with Crippen molar-refractivity contribution in [1.29, 1.82) is 0 Å². The number of nitrogens with zero attached hydrogens (tertiary/aromatic N) is 4. The molecule has 11 aromatic rings. The van der Waals surface area contributed by atoms with Gasteiger partial charge in [-0.05, 0) is 46.4 Å². The first-order chi connectivity index (χ1) is 31.0. The van der Waals surface area contributed by atoms with Crippen LogP contribution < -0.4 is 9.30 Å². The van der Waals surface area contributed by atoms with Crippen molar-refractivity contribution >= 4 is 62.2 Å². The third-order valence-corrected chi connectivity index (χ3v) is 14.8. The van der Waals surface area contributed by atoms with E-state index < -0.39 is 20.4 Å². The molecule has 0 amide bonds. The van der Waals surface area contributed by atoms with Gasteiger partial charge in [0.25, 0.3) is 6.33 Å². The summed E-state index contributed by atoms with van der Waals surface area (Å²) in [6.07, 6.45) is 2.24. The summed E-state index contributed by atoms with van der Waals surface area (Å²) in [4.78, 5) is 5.35. The van der Waals surface area contributed by atoms with Crippen molar-refractivity contribution < 1.29 is 9.30 Å². The molecule has 64 heavy (non-hydrogen) atoms.